The van der Waals surface area contributed by atoms with Crippen molar-refractivity contribution in [2.45, 2.75) is 56.0 Å². The number of hydrogen-bond donors (Lipinski definition) is 3. The summed E-state index contributed by atoms with van der Waals surface area (Å²) < 4.78 is 26.8. The Labute approximate surface area is 114 Å². The molecule has 0 unspecified atom stereocenters. The maximum atomic E-state index is 12.1. The van der Waals surface area contributed by atoms with Crippen molar-refractivity contribution in [1.82, 2.24) is 14.7 Å². The summed E-state index contributed by atoms with van der Waals surface area (Å²) in [7, 11) is -3.54. The summed E-state index contributed by atoms with van der Waals surface area (Å²) in [6, 6.07) is 0. The summed E-state index contributed by atoms with van der Waals surface area (Å²) in [4.78, 5) is 6.81. The van der Waals surface area contributed by atoms with Crippen LogP contribution in [0.4, 0.5) is 0 Å². The van der Waals surface area contributed by atoms with Gasteiger partial charge in [0.15, 0.2) is 5.03 Å². The normalized spacial score (nSPS) is 19.5. The number of rotatable bonds is 5. The van der Waals surface area contributed by atoms with E-state index in [-0.39, 0.29) is 11.6 Å². The van der Waals surface area contributed by atoms with Gasteiger partial charge in [-0.2, -0.15) is 0 Å². The molecule has 0 saturated heterocycles. The number of aryl methyl sites for hydroxylation is 1. The highest BCUT2D eigenvalue weighted by atomic mass is 32.2. The molecule has 1 aliphatic rings. The highest BCUT2D eigenvalue weighted by Crippen LogP contribution is 2.25. The third kappa shape index (κ3) is 3.55. The number of nitrogens with one attached hydrogen (secondary N) is 2. The van der Waals surface area contributed by atoms with Gasteiger partial charge >= 0.3 is 0 Å². The van der Waals surface area contributed by atoms with Crippen LogP contribution in [-0.4, -0.2) is 30.5 Å². The van der Waals surface area contributed by atoms with Gasteiger partial charge in [0.25, 0.3) is 10.0 Å². The Kier molecular flexibility index (Phi) is 4.27. The molecule has 1 aliphatic carbocycles. The summed E-state index contributed by atoms with van der Waals surface area (Å²) in [5.41, 5.74) is 5.82. The molecule has 1 aromatic heterocycles. The fourth-order valence-electron chi connectivity index (χ4n) is 2.41. The minimum atomic E-state index is -3.54. The molecule has 0 aromatic carbocycles. The number of aromatic nitrogens is 2. The van der Waals surface area contributed by atoms with Crippen LogP contribution in [0.3, 0.4) is 0 Å². The van der Waals surface area contributed by atoms with E-state index in [1.807, 2.05) is 6.92 Å². The Bertz CT molecular complexity index is 518. The molecule has 1 saturated carbocycles. The zero-order chi connectivity index (χ0) is 13.9. The number of nitrogens with zero attached hydrogens (tertiary/aromatic N) is 1. The first-order valence-electron chi connectivity index (χ1n) is 6.78. The lowest BCUT2D eigenvalue weighted by Crippen LogP contribution is -2.51. The average Bonchev–Trinajstić information content (AvgIpc) is 2.87. The van der Waals surface area contributed by atoms with Crippen molar-refractivity contribution >= 4 is 10.0 Å². The second-order valence-corrected chi connectivity index (χ2v) is 7.03. The molecule has 0 amide bonds. The molecule has 0 radical (unpaired) electrons. The first-order chi connectivity index (χ1) is 8.95. The van der Waals surface area contributed by atoms with E-state index in [0.717, 1.165) is 25.7 Å². The second-order valence-electron chi connectivity index (χ2n) is 5.30. The lowest BCUT2D eigenvalue weighted by Gasteiger charge is -2.33. The van der Waals surface area contributed by atoms with Gasteiger partial charge in [0.05, 0.1) is 6.20 Å². The summed E-state index contributed by atoms with van der Waals surface area (Å²) in [5.74, 6) is 0.667. The summed E-state index contributed by atoms with van der Waals surface area (Å²) >= 11 is 0. The Balaban J connectivity index is 2.01. The molecule has 2 rings (SSSR count). The smallest absolute Gasteiger partial charge is 0.257 e. The van der Waals surface area contributed by atoms with Gasteiger partial charge in [-0.3, -0.25) is 0 Å². The number of nitrogens with two attached hydrogens (primary N) is 1. The van der Waals surface area contributed by atoms with Crippen LogP contribution in [0.1, 0.15) is 44.9 Å². The number of imidazole rings is 1. The molecule has 4 N–H and O–H groups in total. The van der Waals surface area contributed by atoms with Crippen LogP contribution < -0.4 is 10.5 Å². The predicted molar refractivity (Wildman–Crippen MR) is 73.2 cm³/mol. The van der Waals surface area contributed by atoms with Crippen molar-refractivity contribution in [3.8, 4) is 0 Å². The number of sulfonamides is 1. The van der Waals surface area contributed by atoms with Gasteiger partial charge in [-0.05, 0) is 12.8 Å². The quantitative estimate of drug-likeness (QED) is 0.749. The number of hydrogen-bond acceptors (Lipinski definition) is 4. The molecule has 0 aliphatic heterocycles. The van der Waals surface area contributed by atoms with Crippen molar-refractivity contribution in [1.29, 1.82) is 0 Å². The van der Waals surface area contributed by atoms with Crippen LogP contribution in [0.25, 0.3) is 0 Å². The van der Waals surface area contributed by atoms with Crippen LogP contribution >= 0.6 is 0 Å². The van der Waals surface area contributed by atoms with E-state index in [1.165, 1.54) is 12.6 Å². The van der Waals surface area contributed by atoms with E-state index < -0.39 is 15.6 Å². The van der Waals surface area contributed by atoms with Gasteiger partial charge in [-0.15, -0.1) is 0 Å². The fraction of sp³-hybridized carbons (Fsp3) is 0.750. The third-order valence-electron chi connectivity index (χ3n) is 3.69. The van der Waals surface area contributed by atoms with Crippen LogP contribution in [0.15, 0.2) is 11.2 Å². The van der Waals surface area contributed by atoms with Gasteiger partial charge in [0, 0.05) is 18.5 Å². The van der Waals surface area contributed by atoms with E-state index in [0.29, 0.717) is 12.2 Å². The molecule has 108 valence electrons. The topological polar surface area (TPSA) is 101 Å². The maximum absolute atomic E-state index is 12.1. The van der Waals surface area contributed by atoms with E-state index in [2.05, 4.69) is 14.7 Å². The molecule has 1 aromatic rings. The summed E-state index contributed by atoms with van der Waals surface area (Å²) in [6.45, 7) is 2.20. The molecular formula is C12H22N4O2S. The zero-order valence-corrected chi connectivity index (χ0v) is 12.1. The van der Waals surface area contributed by atoms with Gasteiger partial charge in [-0.1, -0.05) is 26.2 Å². The van der Waals surface area contributed by atoms with Gasteiger partial charge in [0.2, 0.25) is 0 Å². The minimum Gasteiger partial charge on any atom is -0.332 e. The van der Waals surface area contributed by atoms with Crippen molar-refractivity contribution in [3.05, 3.63) is 12.0 Å². The maximum Gasteiger partial charge on any atom is 0.257 e. The van der Waals surface area contributed by atoms with E-state index in [9.17, 15) is 8.42 Å². The average molecular weight is 286 g/mol. The van der Waals surface area contributed by atoms with Gasteiger partial charge in [0.1, 0.15) is 5.82 Å². The van der Waals surface area contributed by atoms with Crippen molar-refractivity contribution < 1.29 is 8.42 Å². The van der Waals surface area contributed by atoms with E-state index in [4.69, 9.17) is 5.73 Å². The largest absolute Gasteiger partial charge is 0.332 e. The Morgan fingerprint density at radius 2 is 2.11 bits per heavy atom. The lowest BCUT2D eigenvalue weighted by molar-refractivity contribution is 0.296. The van der Waals surface area contributed by atoms with E-state index in [1.54, 1.807) is 0 Å². The number of aromatic amines is 1. The van der Waals surface area contributed by atoms with Crippen LogP contribution in [-0.2, 0) is 16.4 Å². The Morgan fingerprint density at radius 3 is 2.68 bits per heavy atom. The third-order valence-corrected chi connectivity index (χ3v) is 5.00. The van der Waals surface area contributed by atoms with Crippen molar-refractivity contribution in [2.75, 3.05) is 6.54 Å². The molecule has 19 heavy (non-hydrogen) atoms. The minimum absolute atomic E-state index is 0.115. The van der Waals surface area contributed by atoms with Crippen LogP contribution in [0, 0.1) is 0 Å². The van der Waals surface area contributed by atoms with Gasteiger partial charge in [-0.25, -0.2) is 18.1 Å². The second kappa shape index (κ2) is 5.60. The standard InChI is InChI=1S/C12H22N4O2S/c1-2-10-14-8-11(16-10)19(17,18)15-9-12(13)6-4-3-5-7-12/h8,15H,2-7,9,13H2,1H3,(H,14,16). The summed E-state index contributed by atoms with van der Waals surface area (Å²) in [6.07, 6.45) is 7.11. The molecule has 1 fully saturated rings. The van der Waals surface area contributed by atoms with Crippen molar-refractivity contribution in [2.24, 2.45) is 5.73 Å². The molecule has 7 heteroatoms. The Morgan fingerprint density at radius 1 is 1.42 bits per heavy atom. The van der Waals surface area contributed by atoms with E-state index >= 15 is 0 Å². The van der Waals surface area contributed by atoms with Crippen LogP contribution in [0.5, 0.6) is 0 Å². The highest BCUT2D eigenvalue weighted by molar-refractivity contribution is 7.89. The van der Waals surface area contributed by atoms with Crippen LogP contribution in [0.2, 0.25) is 0 Å². The molecule has 0 atom stereocenters. The van der Waals surface area contributed by atoms with Crippen molar-refractivity contribution in [3.63, 3.8) is 0 Å². The van der Waals surface area contributed by atoms with Gasteiger partial charge < -0.3 is 10.7 Å². The number of H-pyrrole nitrogens is 1. The predicted octanol–water partition coefficient (Wildman–Crippen LogP) is 0.912. The SMILES string of the molecule is CCc1ncc(S(=O)(=O)NCC2(N)CCCCC2)[nH]1. The molecule has 0 spiro atoms. The molecule has 0 bridgehead atoms. The fourth-order valence-corrected chi connectivity index (χ4v) is 3.49. The first-order valence-corrected chi connectivity index (χ1v) is 8.26. The molecule has 6 nitrogen and oxygen atoms in total. The summed E-state index contributed by atoms with van der Waals surface area (Å²) in [5, 5.41) is 0.115. The Hall–Kier alpha value is -0.920. The highest BCUT2D eigenvalue weighted by Gasteiger charge is 2.29. The zero-order valence-electron chi connectivity index (χ0n) is 11.3. The molecular weight excluding hydrogens is 264 g/mol. The molecule has 1 heterocycles. The monoisotopic (exact) mass is 286 g/mol. The first kappa shape index (κ1) is 14.5. The lowest BCUT2D eigenvalue weighted by atomic mass is 9.83.